The zero-order chi connectivity index (χ0) is 8.39. The van der Waals surface area contributed by atoms with Gasteiger partial charge in [-0.05, 0) is 37.0 Å². The average molecular weight is 218 g/mol. The third-order valence-electron chi connectivity index (χ3n) is 2.26. The minimum absolute atomic E-state index is 0. The van der Waals surface area contributed by atoms with E-state index in [9.17, 15) is 0 Å². The normalized spacial score (nSPS) is 14.8. The number of anilines is 1. The molecule has 0 saturated carbocycles. The highest BCUT2D eigenvalue weighted by Gasteiger charge is 2.06. The molecule has 0 aromatic heterocycles. The Balaban J connectivity index is 0.000000845. The van der Waals surface area contributed by atoms with E-state index in [2.05, 4.69) is 11.4 Å². The molecule has 1 heterocycles. The number of halogens is 2. The molecule has 13 heavy (non-hydrogen) atoms. The standard InChI is InChI=1S/C10H12ClN.ClH/c11-9-5-4-8-3-1-2-6-12-10(8)7-9;/h4-5,7,12H,1-3,6H2;1H. The van der Waals surface area contributed by atoms with E-state index in [0.29, 0.717) is 0 Å². The lowest BCUT2D eigenvalue weighted by Crippen LogP contribution is -1.98. The quantitative estimate of drug-likeness (QED) is 0.702. The van der Waals surface area contributed by atoms with Crippen LogP contribution in [0.3, 0.4) is 0 Å². The third-order valence-corrected chi connectivity index (χ3v) is 2.50. The molecule has 3 heteroatoms. The van der Waals surface area contributed by atoms with E-state index in [1.54, 1.807) is 0 Å². The van der Waals surface area contributed by atoms with Crippen LogP contribution in [0.25, 0.3) is 0 Å². The molecule has 1 aromatic rings. The average Bonchev–Trinajstić information content (AvgIpc) is 2.28. The van der Waals surface area contributed by atoms with E-state index in [0.717, 1.165) is 11.6 Å². The molecule has 72 valence electrons. The van der Waals surface area contributed by atoms with Gasteiger partial charge in [0.15, 0.2) is 0 Å². The maximum Gasteiger partial charge on any atom is 0.0426 e. The highest BCUT2D eigenvalue weighted by atomic mass is 35.5. The zero-order valence-electron chi connectivity index (χ0n) is 7.35. The Morgan fingerprint density at radius 3 is 2.92 bits per heavy atom. The van der Waals surface area contributed by atoms with Crippen molar-refractivity contribution in [1.82, 2.24) is 0 Å². The zero-order valence-corrected chi connectivity index (χ0v) is 8.92. The lowest BCUT2D eigenvalue weighted by molar-refractivity contribution is 0.785. The van der Waals surface area contributed by atoms with E-state index >= 15 is 0 Å². The summed E-state index contributed by atoms with van der Waals surface area (Å²) in [5, 5.41) is 4.20. The van der Waals surface area contributed by atoms with E-state index in [1.807, 2.05) is 12.1 Å². The number of aryl methyl sites for hydroxylation is 1. The van der Waals surface area contributed by atoms with Gasteiger partial charge in [-0.2, -0.15) is 0 Å². The first-order chi connectivity index (χ1) is 5.86. The number of nitrogens with one attached hydrogen (secondary N) is 1. The number of rotatable bonds is 0. The number of benzene rings is 1. The van der Waals surface area contributed by atoms with Crippen LogP contribution in [0, 0.1) is 0 Å². The topological polar surface area (TPSA) is 12.0 Å². The summed E-state index contributed by atoms with van der Waals surface area (Å²) in [4.78, 5) is 0. The van der Waals surface area contributed by atoms with E-state index in [1.165, 1.54) is 30.5 Å². The van der Waals surface area contributed by atoms with Crippen molar-refractivity contribution < 1.29 is 0 Å². The minimum Gasteiger partial charge on any atom is -0.385 e. The van der Waals surface area contributed by atoms with E-state index < -0.39 is 0 Å². The second-order valence-corrected chi connectivity index (χ2v) is 3.62. The molecule has 0 aliphatic carbocycles. The van der Waals surface area contributed by atoms with Gasteiger partial charge in [0.25, 0.3) is 0 Å². The predicted molar refractivity (Wildman–Crippen MR) is 60.1 cm³/mol. The molecule has 0 bridgehead atoms. The van der Waals surface area contributed by atoms with Gasteiger partial charge in [0.2, 0.25) is 0 Å². The summed E-state index contributed by atoms with van der Waals surface area (Å²) in [5.41, 5.74) is 2.62. The maximum atomic E-state index is 5.89. The van der Waals surface area contributed by atoms with E-state index in [4.69, 9.17) is 11.6 Å². The van der Waals surface area contributed by atoms with Gasteiger partial charge in [-0.25, -0.2) is 0 Å². The second-order valence-electron chi connectivity index (χ2n) is 3.19. The van der Waals surface area contributed by atoms with Gasteiger partial charge in [0.1, 0.15) is 0 Å². The van der Waals surface area contributed by atoms with Crippen molar-refractivity contribution in [3.05, 3.63) is 28.8 Å². The summed E-state index contributed by atoms with van der Waals surface area (Å²) in [6.45, 7) is 1.08. The number of hydrogen-bond donors (Lipinski definition) is 1. The Labute approximate surface area is 89.9 Å². The van der Waals surface area contributed by atoms with Crippen molar-refractivity contribution in [1.29, 1.82) is 0 Å². The van der Waals surface area contributed by atoms with Crippen LogP contribution >= 0.6 is 24.0 Å². The van der Waals surface area contributed by atoms with Crippen molar-refractivity contribution in [2.75, 3.05) is 11.9 Å². The molecule has 1 aliphatic rings. The first kappa shape index (κ1) is 10.7. The molecule has 0 fully saturated rings. The molecule has 0 unspecified atom stereocenters. The molecule has 2 rings (SSSR count). The van der Waals surface area contributed by atoms with Gasteiger partial charge in [0, 0.05) is 17.3 Å². The highest BCUT2D eigenvalue weighted by molar-refractivity contribution is 6.30. The van der Waals surface area contributed by atoms with Gasteiger partial charge in [0.05, 0.1) is 0 Å². The molecule has 0 atom stereocenters. The fourth-order valence-corrected chi connectivity index (χ4v) is 1.77. The summed E-state index contributed by atoms with van der Waals surface area (Å²) >= 11 is 5.89. The van der Waals surface area contributed by atoms with Crippen molar-refractivity contribution in [3.63, 3.8) is 0 Å². The second kappa shape index (κ2) is 4.73. The molecule has 0 spiro atoms. The van der Waals surface area contributed by atoms with Crippen LogP contribution < -0.4 is 5.32 Å². The molecule has 1 nitrogen and oxygen atoms in total. The minimum atomic E-state index is 0. The summed E-state index contributed by atoms with van der Waals surface area (Å²) in [6.07, 6.45) is 3.72. The summed E-state index contributed by atoms with van der Waals surface area (Å²) in [6, 6.07) is 6.10. The fraction of sp³-hybridized carbons (Fsp3) is 0.400. The lowest BCUT2D eigenvalue weighted by atomic mass is 10.1. The van der Waals surface area contributed by atoms with Gasteiger partial charge >= 0.3 is 0 Å². The maximum absolute atomic E-state index is 5.89. The van der Waals surface area contributed by atoms with Crippen molar-refractivity contribution in [2.45, 2.75) is 19.3 Å². The van der Waals surface area contributed by atoms with E-state index in [-0.39, 0.29) is 12.4 Å². The van der Waals surface area contributed by atoms with Gasteiger partial charge < -0.3 is 5.32 Å². The summed E-state index contributed by atoms with van der Waals surface area (Å²) in [7, 11) is 0. The van der Waals surface area contributed by atoms with Crippen LogP contribution in [0.15, 0.2) is 18.2 Å². The molecule has 0 saturated heterocycles. The predicted octanol–water partition coefficient (Wildman–Crippen LogP) is 3.51. The first-order valence-corrected chi connectivity index (χ1v) is 4.76. The van der Waals surface area contributed by atoms with Crippen molar-refractivity contribution >= 4 is 29.7 Å². The SMILES string of the molecule is Cl.Clc1ccc2c(c1)NCCCC2. The summed E-state index contributed by atoms with van der Waals surface area (Å²) < 4.78 is 0. The van der Waals surface area contributed by atoms with Crippen LogP contribution in [0.4, 0.5) is 5.69 Å². The number of fused-ring (bicyclic) bond motifs is 1. The van der Waals surface area contributed by atoms with Gasteiger partial charge in [-0.3, -0.25) is 0 Å². The van der Waals surface area contributed by atoms with Crippen LogP contribution in [0.2, 0.25) is 5.02 Å². The largest absolute Gasteiger partial charge is 0.385 e. The lowest BCUT2D eigenvalue weighted by Gasteiger charge is -2.06. The molecule has 1 aliphatic heterocycles. The molecule has 1 aromatic carbocycles. The summed E-state index contributed by atoms with van der Waals surface area (Å²) in [5.74, 6) is 0. The van der Waals surface area contributed by atoms with Crippen LogP contribution in [-0.2, 0) is 6.42 Å². The molecular formula is C10H13Cl2N. The Morgan fingerprint density at radius 2 is 2.08 bits per heavy atom. The van der Waals surface area contributed by atoms with Crippen LogP contribution in [-0.4, -0.2) is 6.54 Å². The monoisotopic (exact) mass is 217 g/mol. The molecule has 1 N–H and O–H groups in total. The Bertz CT molecular complexity index is 286. The van der Waals surface area contributed by atoms with Crippen LogP contribution in [0.5, 0.6) is 0 Å². The first-order valence-electron chi connectivity index (χ1n) is 4.38. The Kier molecular flexibility index (Phi) is 3.89. The van der Waals surface area contributed by atoms with Gasteiger partial charge in [-0.15, -0.1) is 12.4 Å². The molecule has 0 radical (unpaired) electrons. The van der Waals surface area contributed by atoms with Crippen molar-refractivity contribution in [2.24, 2.45) is 0 Å². The fourth-order valence-electron chi connectivity index (χ4n) is 1.59. The number of hydrogen-bond acceptors (Lipinski definition) is 1. The van der Waals surface area contributed by atoms with Crippen LogP contribution in [0.1, 0.15) is 18.4 Å². The third kappa shape index (κ3) is 2.52. The highest BCUT2D eigenvalue weighted by Crippen LogP contribution is 2.24. The Hall–Kier alpha value is -0.400. The van der Waals surface area contributed by atoms with Gasteiger partial charge in [-0.1, -0.05) is 17.7 Å². The molecular weight excluding hydrogens is 205 g/mol. The smallest absolute Gasteiger partial charge is 0.0426 e. The Morgan fingerprint density at radius 1 is 1.23 bits per heavy atom. The molecule has 0 amide bonds. The van der Waals surface area contributed by atoms with Crippen molar-refractivity contribution in [3.8, 4) is 0 Å².